The summed E-state index contributed by atoms with van der Waals surface area (Å²) < 4.78 is 5.49. The van der Waals surface area contributed by atoms with E-state index in [1.807, 2.05) is 51.1 Å². The van der Waals surface area contributed by atoms with Gasteiger partial charge in [-0.25, -0.2) is 4.79 Å². The Morgan fingerprint density at radius 1 is 1.38 bits per heavy atom. The van der Waals surface area contributed by atoms with Gasteiger partial charge in [-0.2, -0.15) is 0 Å². The lowest BCUT2D eigenvalue weighted by Crippen LogP contribution is -2.40. The van der Waals surface area contributed by atoms with Crippen molar-refractivity contribution in [1.82, 2.24) is 20.3 Å². The summed E-state index contributed by atoms with van der Waals surface area (Å²) in [7, 11) is 0. The molecule has 128 valence electrons. The second kappa shape index (κ2) is 6.59. The van der Waals surface area contributed by atoms with Crippen LogP contribution in [0.5, 0.6) is 0 Å². The molecule has 7 heteroatoms. The van der Waals surface area contributed by atoms with Crippen molar-refractivity contribution in [2.45, 2.75) is 51.8 Å². The van der Waals surface area contributed by atoms with Gasteiger partial charge in [0.05, 0.1) is 5.10 Å². The average Bonchev–Trinajstić information content (AvgIpc) is 3.15. The van der Waals surface area contributed by atoms with Crippen LogP contribution in [-0.2, 0) is 11.3 Å². The monoisotopic (exact) mass is 330 g/mol. The Morgan fingerprint density at radius 3 is 2.83 bits per heavy atom. The van der Waals surface area contributed by atoms with E-state index in [1.54, 1.807) is 9.70 Å². The third-order valence-electron chi connectivity index (χ3n) is 3.86. The van der Waals surface area contributed by atoms with Crippen molar-refractivity contribution in [2.75, 3.05) is 6.54 Å². The molecule has 1 atom stereocenters. The maximum atomic E-state index is 12.4. The quantitative estimate of drug-likeness (QED) is 0.876. The summed E-state index contributed by atoms with van der Waals surface area (Å²) in [6, 6.07) is 9.92. The smallest absolute Gasteiger partial charge is 0.410 e. The van der Waals surface area contributed by atoms with Crippen molar-refractivity contribution in [2.24, 2.45) is 0 Å². The van der Waals surface area contributed by atoms with Crippen LogP contribution in [0.3, 0.4) is 0 Å². The molecule has 7 nitrogen and oxygen atoms in total. The van der Waals surface area contributed by atoms with E-state index in [1.165, 1.54) is 0 Å². The number of likely N-dealkylation sites (tertiary alicyclic amines) is 1. The van der Waals surface area contributed by atoms with E-state index in [0.717, 1.165) is 18.4 Å². The third-order valence-corrected chi connectivity index (χ3v) is 3.86. The van der Waals surface area contributed by atoms with E-state index < -0.39 is 5.60 Å². The first-order valence-electron chi connectivity index (χ1n) is 8.28. The van der Waals surface area contributed by atoms with E-state index >= 15 is 0 Å². The molecule has 0 radical (unpaired) electrons. The molecule has 0 saturated carbocycles. The van der Waals surface area contributed by atoms with Crippen LogP contribution in [0.4, 0.5) is 4.79 Å². The largest absolute Gasteiger partial charge is 0.444 e. The number of hydrogen-bond donors (Lipinski definition) is 1. The third kappa shape index (κ3) is 3.90. The van der Waals surface area contributed by atoms with Crippen molar-refractivity contribution in [3.8, 4) is 0 Å². The Bertz CT molecular complexity index is 693. The number of hydrogen-bond acceptors (Lipinski definition) is 4. The first-order chi connectivity index (χ1) is 11.4. The number of carbonyl (C=O) groups is 1. The molecule has 1 amide bonds. The van der Waals surface area contributed by atoms with Crippen molar-refractivity contribution in [3.05, 3.63) is 41.7 Å². The fourth-order valence-corrected chi connectivity index (χ4v) is 2.82. The zero-order chi connectivity index (χ0) is 17.2. The Balaban J connectivity index is 1.70. The number of carbonyl (C=O) groups excluding carboxylic acids is 1. The van der Waals surface area contributed by atoms with Crippen molar-refractivity contribution >= 4 is 6.09 Å². The topological polar surface area (TPSA) is 75.0 Å². The highest BCUT2D eigenvalue weighted by Crippen LogP contribution is 2.30. The first-order valence-corrected chi connectivity index (χ1v) is 8.28. The molecule has 3 rings (SSSR count). The molecule has 1 aromatic heterocycles. The molecule has 0 aliphatic carbocycles. The Kier molecular flexibility index (Phi) is 4.51. The Morgan fingerprint density at radius 2 is 2.12 bits per heavy atom. The first kappa shape index (κ1) is 16.4. The summed E-state index contributed by atoms with van der Waals surface area (Å²) in [6.45, 7) is 6.91. The van der Waals surface area contributed by atoms with Crippen LogP contribution in [-0.4, -0.2) is 38.5 Å². The second-order valence-electron chi connectivity index (χ2n) is 7.05. The predicted molar refractivity (Wildman–Crippen MR) is 87.0 cm³/mol. The van der Waals surface area contributed by atoms with E-state index in [4.69, 9.17) is 4.74 Å². The fraction of sp³-hybridized carbons (Fsp3) is 0.529. The zero-order valence-electron chi connectivity index (χ0n) is 14.4. The van der Waals surface area contributed by atoms with E-state index in [-0.39, 0.29) is 12.1 Å². The number of aromatic nitrogens is 4. The van der Waals surface area contributed by atoms with Gasteiger partial charge in [0.1, 0.15) is 11.6 Å². The van der Waals surface area contributed by atoms with Crippen molar-refractivity contribution < 1.29 is 14.3 Å². The molecule has 24 heavy (non-hydrogen) atoms. The SMILES string of the molecule is CC(C)(C)OC(=O)N1CCC[C@H]1c1n[nH][n+](Cc2ccccc2)n1. The van der Waals surface area contributed by atoms with Crippen LogP contribution in [0, 0.1) is 0 Å². The Labute approximate surface area is 141 Å². The summed E-state index contributed by atoms with van der Waals surface area (Å²) in [5.41, 5.74) is 0.636. The highest BCUT2D eigenvalue weighted by atomic mass is 16.6. The highest BCUT2D eigenvalue weighted by molar-refractivity contribution is 5.69. The van der Waals surface area contributed by atoms with Crippen molar-refractivity contribution in [1.29, 1.82) is 0 Å². The lowest BCUT2D eigenvalue weighted by molar-refractivity contribution is -0.798. The van der Waals surface area contributed by atoms with Gasteiger partial charge in [-0.1, -0.05) is 35.1 Å². The van der Waals surface area contributed by atoms with E-state index in [9.17, 15) is 4.79 Å². The number of amides is 1. The van der Waals surface area contributed by atoms with Gasteiger partial charge in [0.25, 0.3) is 0 Å². The molecule has 0 bridgehead atoms. The number of tetrazole rings is 1. The van der Waals surface area contributed by atoms with Gasteiger partial charge in [0.15, 0.2) is 6.54 Å². The second-order valence-corrected chi connectivity index (χ2v) is 7.05. The van der Waals surface area contributed by atoms with Gasteiger partial charge in [-0.3, -0.25) is 4.90 Å². The number of rotatable bonds is 3. The van der Waals surface area contributed by atoms with Gasteiger partial charge in [-0.05, 0) is 49.5 Å². The minimum Gasteiger partial charge on any atom is -0.444 e. The molecule has 1 fully saturated rings. The van der Waals surface area contributed by atoms with Crippen LogP contribution in [0.2, 0.25) is 0 Å². The molecule has 0 spiro atoms. The summed E-state index contributed by atoms with van der Waals surface area (Å²) in [6.07, 6.45) is 1.48. The number of nitrogens with one attached hydrogen (secondary N) is 1. The zero-order valence-corrected chi connectivity index (χ0v) is 14.4. The molecule has 2 heterocycles. The molecule has 1 N–H and O–H groups in total. The van der Waals surface area contributed by atoms with Gasteiger partial charge in [0.2, 0.25) is 0 Å². The summed E-state index contributed by atoms with van der Waals surface area (Å²) in [5, 5.41) is 11.7. The summed E-state index contributed by atoms with van der Waals surface area (Å²) in [5.74, 6) is 0.634. The molecular formula is C17H24N5O2+. The van der Waals surface area contributed by atoms with Gasteiger partial charge in [0, 0.05) is 6.54 Å². The molecule has 0 unspecified atom stereocenters. The molecule has 2 aromatic rings. The standard InChI is InChI=1S/C17H23N5O2/c1-17(2,3)24-16(23)21-11-7-10-14(21)15-18-20-22(19-15)12-13-8-5-4-6-9-13/h4-6,8-9,14H,7,10-12H2,1-3H3/p+1/t14-/m0/s1. The lowest BCUT2D eigenvalue weighted by atomic mass is 10.2. The number of benzene rings is 1. The van der Waals surface area contributed by atoms with Gasteiger partial charge < -0.3 is 4.74 Å². The molecular weight excluding hydrogens is 306 g/mol. The maximum absolute atomic E-state index is 12.4. The normalized spacial score (nSPS) is 18.0. The summed E-state index contributed by atoms with van der Waals surface area (Å²) in [4.78, 5) is 15.8. The van der Waals surface area contributed by atoms with Gasteiger partial charge >= 0.3 is 11.9 Å². The number of aromatic amines is 1. The minimum atomic E-state index is -0.504. The summed E-state index contributed by atoms with van der Waals surface area (Å²) >= 11 is 0. The van der Waals surface area contributed by atoms with Crippen LogP contribution in [0.15, 0.2) is 30.3 Å². The average molecular weight is 330 g/mol. The van der Waals surface area contributed by atoms with E-state index in [0.29, 0.717) is 18.9 Å². The molecule has 1 aromatic carbocycles. The molecule has 1 aliphatic heterocycles. The van der Waals surface area contributed by atoms with Crippen LogP contribution >= 0.6 is 0 Å². The van der Waals surface area contributed by atoms with Crippen molar-refractivity contribution in [3.63, 3.8) is 0 Å². The van der Waals surface area contributed by atoms with E-state index in [2.05, 4.69) is 15.4 Å². The van der Waals surface area contributed by atoms with Crippen LogP contribution < -0.4 is 4.80 Å². The number of nitrogens with zero attached hydrogens (tertiary/aromatic N) is 4. The van der Waals surface area contributed by atoms with Crippen LogP contribution in [0.25, 0.3) is 0 Å². The highest BCUT2D eigenvalue weighted by Gasteiger charge is 2.38. The van der Waals surface area contributed by atoms with Gasteiger partial charge in [-0.15, -0.1) is 0 Å². The number of ether oxygens (including phenoxy) is 1. The van der Waals surface area contributed by atoms with Crippen LogP contribution in [0.1, 0.15) is 51.0 Å². The fourth-order valence-electron chi connectivity index (χ4n) is 2.82. The lowest BCUT2D eigenvalue weighted by Gasteiger charge is -2.26. The Hall–Kier alpha value is -2.44. The maximum Gasteiger partial charge on any atom is 0.410 e. The predicted octanol–water partition coefficient (Wildman–Crippen LogP) is 2.21. The molecule has 1 aliphatic rings. The minimum absolute atomic E-state index is 0.131. The molecule has 1 saturated heterocycles. The number of H-pyrrole nitrogens is 1.